The minimum atomic E-state index is -4.74. The zero-order valence-corrected chi connectivity index (χ0v) is 9.72. The predicted octanol–water partition coefficient (Wildman–Crippen LogP) is 3.45. The van der Waals surface area contributed by atoms with Crippen molar-refractivity contribution in [3.05, 3.63) is 54.0 Å². The van der Waals surface area contributed by atoms with Crippen LogP contribution in [0.5, 0.6) is 5.75 Å². The number of alkyl halides is 3. The van der Waals surface area contributed by atoms with Gasteiger partial charge in [-0.25, -0.2) is 0 Å². The molecule has 0 fully saturated rings. The van der Waals surface area contributed by atoms with Gasteiger partial charge >= 0.3 is 6.36 Å². The summed E-state index contributed by atoms with van der Waals surface area (Å²) in [5.74, 6) is -0.351. The van der Waals surface area contributed by atoms with Gasteiger partial charge in [-0.3, -0.25) is 0 Å². The molecule has 1 atom stereocenters. The van der Waals surface area contributed by atoms with Gasteiger partial charge < -0.3 is 14.3 Å². The number of benzene rings is 1. The maximum absolute atomic E-state index is 12.1. The Labute approximate surface area is 107 Å². The first-order valence-electron chi connectivity index (χ1n) is 5.49. The molecule has 1 unspecified atom stereocenters. The Morgan fingerprint density at radius 2 is 2.05 bits per heavy atom. The molecule has 0 amide bonds. The largest absolute Gasteiger partial charge is 0.573 e. The van der Waals surface area contributed by atoms with Crippen molar-refractivity contribution < 1.29 is 27.4 Å². The number of ether oxygens (including phenoxy) is 1. The molecule has 1 heterocycles. The Kier molecular flexibility index (Phi) is 3.80. The molecule has 1 N–H and O–H groups in total. The SMILES string of the molecule is OC(Cc1ccoc1)c1cccc(OC(F)(F)F)c1. The highest BCUT2D eigenvalue weighted by Crippen LogP contribution is 2.26. The first-order valence-corrected chi connectivity index (χ1v) is 5.49. The lowest BCUT2D eigenvalue weighted by Gasteiger charge is -2.13. The van der Waals surface area contributed by atoms with Crippen molar-refractivity contribution >= 4 is 0 Å². The summed E-state index contributed by atoms with van der Waals surface area (Å²) in [5, 5.41) is 9.94. The summed E-state index contributed by atoms with van der Waals surface area (Å²) in [7, 11) is 0. The van der Waals surface area contributed by atoms with E-state index in [1.165, 1.54) is 30.7 Å². The molecule has 6 heteroatoms. The summed E-state index contributed by atoms with van der Waals surface area (Å²) in [6.45, 7) is 0. The van der Waals surface area contributed by atoms with Crippen LogP contribution in [0.1, 0.15) is 17.2 Å². The first-order chi connectivity index (χ1) is 8.94. The maximum atomic E-state index is 12.1. The molecule has 0 saturated heterocycles. The van der Waals surface area contributed by atoms with E-state index in [1.54, 1.807) is 6.07 Å². The molecule has 3 nitrogen and oxygen atoms in total. The van der Waals surface area contributed by atoms with Gasteiger partial charge in [0.1, 0.15) is 5.75 Å². The van der Waals surface area contributed by atoms with Gasteiger partial charge in [-0.05, 0) is 29.3 Å². The summed E-state index contributed by atoms with van der Waals surface area (Å²) >= 11 is 0. The highest BCUT2D eigenvalue weighted by atomic mass is 19.4. The molecule has 1 aromatic carbocycles. The summed E-state index contributed by atoms with van der Waals surface area (Å²) < 4.78 is 44.9. The van der Waals surface area contributed by atoms with Crippen molar-refractivity contribution in [2.24, 2.45) is 0 Å². The van der Waals surface area contributed by atoms with Gasteiger partial charge in [-0.2, -0.15) is 0 Å². The molecule has 102 valence electrons. The molecule has 0 radical (unpaired) electrons. The Hall–Kier alpha value is -1.95. The fourth-order valence-corrected chi connectivity index (χ4v) is 1.67. The van der Waals surface area contributed by atoms with Crippen LogP contribution in [0.2, 0.25) is 0 Å². The highest BCUT2D eigenvalue weighted by Gasteiger charge is 2.31. The minimum absolute atomic E-state index is 0.256. The Balaban J connectivity index is 2.09. The van der Waals surface area contributed by atoms with Crippen molar-refractivity contribution in [3.63, 3.8) is 0 Å². The van der Waals surface area contributed by atoms with Crippen molar-refractivity contribution in [2.45, 2.75) is 18.9 Å². The molecule has 2 rings (SSSR count). The number of rotatable bonds is 4. The lowest BCUT2D eigenvalue weighted by molar-refractivity contribution is -0.274. The quantitative estimate of drug-likeness (QED) is 0.926. The first kappa shape index (κ1) is 13.5. The van der Waals surface area contributed by atoms with Crippen molar-refractivity contribution in [3.8, 4) is 5.75 Å². The third kappa shape index (κ3) is 4.03. The average Bonchev–Trinajstić information content (AvgIpc) is 2.80. The lowest BCUT2D eigenvalue weighted by Crippen LogP contribution is -2.17. The Morgan fingerprint density at radius 1 is 1.26 bits per heavy atom. The summed E-state index contributed by atoms with van der Waals surface area (Å²) in [6, 6.07) is 6.96. The number of halogens is 3. The van der Waals surface area contributed by atoms with Crippen LogP contribution in [0, 0.1) is 0 Å². The molecule has 2 aromatic rings. The van der Waals surface area contributed by atoms with Gasteiger partial charge in [-0.1, -0.05) is 12.1 Å². The van der Waals surface area contributed by atoms with Crippen LogP contribution in [0.3, 0.4) is 0 Å². The summed E-state index contributed by atoms with van der Waals surface area (Å²) in [6.07, 6.45) is -2.47. The molecule has 0 spiro atoms. The molecule has 0 aliphatic heterocycles. The highest BCUT2D eigenvalue weighted by molar-refractivity contribution is 5.30. The zero-order valence-electron chi connectivity index (χ0n) is 9.72. The Morgan fingerprint density at radius 3 is 2.68 bits per heavy atom. The third-order valence-electron chi connectivity index (χ3n) is 2.49. The van der Waals surface area contributed by atoms with Crippen LogP contribution >= 0.6 is 0 Å². The van der Waals surface area contributed by atoms with Crippen LogP contribution in [0.25, 0.3) is 0 Å². The molecule has 0 aliphatic rings. The van der Waals surface area contributed by atoms with E-state index >= 15 is 0 Å². The van der Waals surface area contributed by atoms with Gasteiger partial charge in [0.05, 0.1) is 18.6 Å². The van der Waals surface area contributed by atoms with Crippen LogP contribution in [0.4, 0.5) is 13.2 Å². The van der Waals surface area contributed by atoms with Gasteiger partial charge in [-0.15, -0.1) is 13.2 Å². The van der Waals surface area contributed by atoms with E-state index in [9.17, 15) is 18.3 Å². The van der Waals surface area contributed by atoms with Crippen molar-refractivity contribution in [1.82, 2.24) is 0 Å². The van der Waals surface area contributed by atoms with Gasteiger partial charge in [0.15, 0.2) is 0 Å². The monoisotopic (exact) mass is 272 g/mol. The van der Waals surface area contributed by atoms with E-state index in [1.807, 2.05) is 0 Å². The third-order valence-corrected chi connectivity index (χ3v) is 2.49. The zero-order chi connectivity index (χ0) is 13.9. The number of hydrogen-bond donors (Lipinski definition) is 1. The molecular weight excluding hydrogens is 261 g/mol. The van der Waals surface area contributed by atoms with Crippen molar-refractivity contribution in [2.75, 3.05) is 0 Å². The second-order valence-electron chi connectivity index (χ2n) is 3.97. The van der Waals surface area contributed by atoms with Gasteiger partial charge in [0.2, 0.25) is 0 Å². The van der Waals surface area contributed by atoms with Crippen LogP contribution in [0.15, 0.2) is 47.3 Å². The molecule has 1 aromatic heterocycles. The average molecular weight is 272 g/mol. The molecular formula is C13H11F3O3. The normalized spacial score (nSPS) is 13.3. The minimum Gasteiger partial charge on any atom is -0.472 e. The standard InChI is InChI=1S/C13H11F3O3/c14-13(15,16)19-11-3-1-2-10(7-11)12(17)6-9-4-5-18-8-9/h1-5,7-8,12,17H,6H2. The van der Waals surface area contributed by atoms with Crippen molar-refractivity contribution in [1.29, 1.82) is 0 Å². The van der Waals surface area contributed by atoms with Gasteiger partial charge in [0.25, 0.3) is 0 Å². The Bertz CT molecular complexity index is 520. The van der Waals surface area contributed by atoms with E-state index in [4.69, 9.17) is 4.42 Å². The second kappa shape index (κ2) is 5.36. The number of furan rings is 1. The number of aliphatic hydroxyl groups excluding tert-OH is 1. The van der Waals surface area contributed by atoms with E-state index < -0.39 is 12.5 Å². The van der Waals surface area contributed by atoms with E-state index in [0.29, 0.717) is 5.56 Å². The fraction of sp³-hybridized carbons (Fsp3) is 0.231. The predicted molar refractivity (Wildman–Crippen MR) is 60.5 cm³/mol. The smallest absolute Gasteiger partial charge is 0.472 e. The van der Waals surface area contributed by atoms with E-state index in [2.05, 4.69) is 4.74 Å². The van der Waals surface area contributed by atoms with Crippen LogP contribution in [-0.2, 0) is 6.42 Å². The lowest BCUT2D eigenvalue weighted by atomic mass is 10.0. The fourth-order valence-electron chi connectivity index (χ4n) is 1.67. The maximum Gasteiger partial charge on any atom is 0.573 e. The van der Waals surface area contributed by atoms with E-state index in [0.717, 1.165) is 11.6 Å². The van der Waals surface area contributed by atoms with Crippen LogP contribution in [-0.4, -0.2) is 11.5 Å². The molecule has 19 heavy (non-hydrogen) atoms. The number of hydrogen-bond acceptors (Lipinski definition) is 3. The second-order valence-corrected chi connectivity index (χ2v) is 3.97. The van der Waals surface area contributed by atoms with E-state index in [-0.39, 0.29) is 12.2 Å². The topological polar surface area (TPSA) is 42.6 Å². The molecule has 0 aliphatic carbocycles. The summed E-state index contributed by atoms with van der Waals surface area (Å²) in [4.78, 5) is 0. The van der Waals surface area contributed by atoms with Crippen LogP contribution < -0.4 is 4.74 Å². The number of aliphatic hydroxyl groups is 1. The summed E-state index contributed by atoms with van der Waals surface area (Å²) in [5.41, 5.74) is 1.11. The van der Waals surface area contributed by atoms with Gasteiger partial charge in [0, 0.05) is 6.42 Å². The molecule has 0 saturated carbocycles. The molecule has 0 bridgehead atoms.